The van der Waals surface area contributed by atoms with Crippen molar-refractivity contribution < 1.29 is 13.2 Å². The van der Waals surface area contributed by atoms with E-state index in [1.54, 1.807) is 0 Å². The zero-order valence-corrected chi connectivity index (χ0v) is 11.6. The van der Waals surface area contributed by atoms with Crippen LogP contribution in [0, 0.1) is 5.41 Å². The van der Waals surface area contributed by atoms with Crippen molar-refractivity contribution in [2.45, 2.75) is 45.7 Å². The van der Waals surface area contributed by atoms with Gasteiger partial charge in [-0.3, -0.25) is 0 Å². The van der Waals surface area contributed by atoms with Crippen LogP contribution in [-0.4, -0.2) is 6.54 Å². The van der Waals surface area contributed by atoms with Gasteiger partial charge in [0, 0.05) is 18.2 Å². The molecule has 1 aromatic rings. The van der Waals surface area contributed by atoms with Crippen LogP contribution in [0.5, 0.6) is 0 Å². The van der Waals surface area contributed by atoms with E-state index < -0.39 is 11.7 Å². The molecule has 1 heterocycles. The van der Waals surface area contributed by atoms with Gasteiger partial charge < -0.3 is 5.32 Å². The molecule has 0 saturated heterocycles. The van der Waals surface area contributed by atoms with Crippen molar-refractivity contribution in [3.63, 3.8) is 0 Å². The molecule has 1 aromatic carbocycles. The quantitative estimate of drug-likeness (QED) is 0.794. The Bertz CT molecular complexity index is 457. The summed E-state index contributed by atoms with van der Waals surface area (Å²) in [5.41, 5.74) is 0.779. The summed E-state index contributed by atoms with van der Waals surface area (Å²) in [5, 5.41) is 2.94. The molecule has 1 unspecified atom stereocenters. The van der Waals surface area contributed by atoms with E-state index in [2.05, 4.69) is 26.1 Å². The average molecular weight is 271 g/mol. The van der Waals surface area contributed by atoms with Gasteiger partial charge in [0.05, 0.1) is 5.56 Å². The van der Waals surface area contributed by atoms with Gasteiger partial charge >= 0.3 is 6.18 Å². The molecule has 1 aliphatic rings. The largest absolute Gasteiger partial charge is 0.418 e. The third-order valence-electron chi connectivity index (χ3n) is 3.61. The van der Waals surface area contributed by atoms with E-state index in [9.17, 15) is 13.2 Å². The van der Waals surface area contributed by atoms with Gasteiger partial charge in [0.25, 0.3) is 0 Å². The Hall–Kier alpha value is -1.19. The molecular weight excluding hydrogens is 251 g/mol. The second kappa shape index (κ2) is 4.73. The Morgan fingerprint density at radius 1 is 1.21 bits per heavy atom. The summed E-state index contributed by atoms with van der Waals surface area (Å²) in [6.45, 7) is 7.08. The lowest BCUT2D eigenvalue weighted by molar-refractivity contribution is -0.136. The molecule has 0 saturated carbocycles. The number of hydrogen-bond acceptors (Lipinski definition) is 1. The predicted octanol–water partition coefficient (Wildman–Crippen LogP) is 5.04. The zero-order chi connectivity index (χ0) is 14.3. The second-order valence-electron chi connectivity index (χ2n) is 6.44. The highest BCUT2D eigenvalue weighted by Crippen LogP contribution is 2.44. The van der Waals surface area contributed by atoms with Crippen molar-refractivity contribution in [2.75, 3.05) is 11.9 Å². The maximum absolute atomic E-state index is 12.9. The van der Waals surface area contributed by atoms with Crippen molar-refractivity contribution in [1.82, 2.24) is 0 Å². The molecule has 1 aliphatic heterocycles. The van der Waals surface area contributed by atoms with E-state index in [4.69, 9.17) is 0 Å². The van der Waals surface area contributed by atoms with Gasteiger partial charge in [0.1, 0.15) is 0 Å². The molecule has 0 amide bonds. The molecule has 19 heavy (non-hydrogen) atoms. The highest BCUT2D eigenvalue weighted by atomic mass is 19.4. The second-order valence-corrected chi connectivity index (χ2v) is 6.44. The first kappa shape index (κ1) is 14.2. The number of benzene rings is 1. The van der Waals surface area contributed by atoms with Gasteiger partial charge in [-0.1, -0.05) is 32.9 Å². The molecule has 1 N–H and O–H groups in total. The van der Waals surface area contributed by atoms with Crippen LogP contribution in [0.25, 0.3) is 0 Å². The van der Waals surface area contributed by atoms with Gasteiger partial charge in [0.2, 0.25) is 0 Å². The topological polar surface area (TPSA) is 12.0 Å². The number of anilines is 1. The van der Waals surface area contributed by atoms with Crippen molar-refractivity contribution >= 4 is 5.69 Å². The molecule has 0 aromatic heterocycles. The van der Waals surface area contributed by atoms with E-state index in [-0.39, 0.29) is 17.0 Å². The SMILES string of the molecule is CC(C)(C)CCC1CNc2c1cccc2C(F)(F)F. The molecule has 1 nitrogen and oxygen atoms in total. The lowest BCUT2D eigenvalue weighted by Crippen LogP contribution is -2.09. The molecule has 4 heteroatoms. The first-order chi connectivity index (χ1) is 8.68. The summed E-state index contributed by atoms with van der Waals surface area (Å²) >= 11 is 0. The Morgan fingerprint density at radius 3 is 2.47 bits per heavy atom. The zero-order valence-electron chi connectivity index (χ0n) is 11.6. The number of hydrogen-bond donors (Lipinski definition) is 1. The summed E-state index contributed by atoms with van der Waals surface area (Å²) in [4.78, 5) is 0. The van der Waals surface area contributed by atoms with Crippen molar-refractivity contribution in [3.8, 4) is 0 Å². The summed E-state index contributed by atoms with van der Waals surface area (Å²) in [6.07, 6.45) is -2.35. The van der Waals surface area contributed by atoms with E-state index in [0.29, 0.717) is 6.54 Å². The third kappa shape index (κ3) is 3.23. The Morgan fingerprint density at radius 2 is 1.89 bits per heavy atom. The van der Waals surface area contributed by atoms with Gasteiger partial charge in [-0.05, 0) is 29.9 Å². The lowest BCUT2D eigenvalue weighted by Gasteiger charge is -2.20. The average Bonchev–Trinajstić information content (AvgIpc) is 2.66. The molecule has 106 valence electrons. The fourth-order valence-corrected chi connectivity index (χ4v) is 2.54. The number of fused-ring (bicyclic) bond motifs is 1. The maximum atomic E-state index is 12.9. The van der Waals surface area contributed by atoms with Gasteiger partial charge in [-0.25, -0.2) is 0 Å². The molecular formula is C15H20F3N. The molecule has 0 bridgehead atoms. The van der Waals surface area contributed by atoms with Crippen LogP contribution in [0.2, 0.25) is 0 Å². The maximum Gasteiger partial charge on any atom is 0.418 e. The highest BCUT2D eigenvalue weighted by Gasteiger charge is 2.37. The molecule has 1 atom stereocenters. The first-order valence-electron chi connectivity index (χ1n) is 6.62. The van der Waals surface area contributed by atoms with E-state index >= 15 is 0 Å². The number of alkyl halides is 3. The minimum absolute atomic E-state index is 0.191. The smallest absolute Gasteiger partial charge is 0.384 e. The first-order valence-corrected chi connectivity index (χ1v) is 6.62. The minimum atomic E-state index is -4.28. The Labute approximate surface area is 112 Å². The third-order valence-corrected chi connectivity index (χ3v) is 3.61. The van der Waals surface area contributed by atoms with E-state index in [1.807, 2.05) is 6.07 Å². The predicted molar refractivity (Wildman–Crippen MR) is 71.4 cm³/mol. The van der Waals surface area contributed by atoms with E-state index in [1.165, 1.54) is 6.07 Å². The summed E-state index contributed by atoms with van der Waals surface area (Å²) < 4.78 is 38.7. The van der Waals surface area contributed by atoms with Crippen LogP contribution >= 0.6 is 0 Å². The minimum Gasteiger partial charge on any atom is -0.384 e. The van der Waals surface area contributed by atoms with Crippen molar-refractivity contribution in [2.24, 2.45) is 5.41 Å². The van der Waals surface area contributed by atoms with Crippen LogP contribution < -0.4 is 5.32 Å². The molecule has 0 fully saturated rings. The number of para-hydroxylation sites is 1. The normalized spacial score (nSPS) is 19.2. The van der Waals surface area contributed by atoms with Crippen LogP contribution in [0.3, 0.4) is 0 Å². The molecule has 0 spiro atoms. The highest BCUT2D eigenvalue weighted by molar-refractivity contribution is 5.64. The summed E-state index contributed by atoms with van der Waals surface area (Å²) in [6, 6.07) is 4.48. The van der Waals surface area contributed by atoms with Crippen molar-refractivity contribution in [3.05, 3.63) is 29.3 Å². The fourth-order valence-electron chi connectivity index (χ4n) is 2.54. The van der Waals surface area contributed by atoms with Crippen LogP contribution in [-0.2, 0) is 6.18 Å². The molecule has 0 aliphatic carbocycles. The van der Waals surface area contributed by atoms with Crippen LogP contribution in [0.4, 0.5) is 18.9 Å². The van der Waals surface area contributed by atoms with Crippen LogP contribution in [0.15, 0.2) is 18.2 Å². The van der Waals surface area contributed by atoms with Gasteiger partial charge in [-0.15, -0.1) is 0 Å². The van der Waals surface area contributed by atoms with Gasteiger partial charge in [-0.2, -0.15) is 13.2 Å². The van der Waals surface area contributed by atoms with Crippen molar-refractivity contribution in [1.29, 1.82) is 0 Å². The fraction of sp³-hybridized carbons (Fsp3) is 0.600. The Kier molecular flexibility index (Phi) is 3.54. The Balaban J connectivity index is 2.22. The number of halogens is 3. The molecule has 2 rings (SSSR count). The van der Waals surface area contributed by atoms with Crippen LogP contribution in [0.1, 0.15) is 50.7 Å². The summed E-state index contributed by atoms with van der Waals surface area (Å²) in [5.74, 6) is 0.191. The van der Waals surface area contributed by atoms with Gasteiger partial charge in [0.15, 0.2) is 0 Å². The summed E-state index contributed by atoms with van der Waals surface area (Å²) in [7, 11) is 0. The monoisotopic (exact) mass is 271 g/mol. The lowest BCUT2D eigenvalue weighted by atomic mass is 9.85. The van der Waals surface area contributed by atoms with E-state index in [0.717, 1.165) is 24.5 Å². The molecule has 0 radical (unpaired) electrons. The standard InChI is InChI=1S/C15H20F3N/c1-14(2,3)8-7-10-9-19-13-11(10)5-4-6-12(13)15(16,17)18/h4-6,10,19H,7-9H2,1-3H3. The number of rotatable bonds is 2. The number of nitrogens with one attached hydrogen (secondary N) is 1.